The van der Waals surface area contributed by atoms with Gasteiger partial charge in [-0.2, -0.15) is 5.26 Å². The normalized spacial score (nSPS) is 11.0. The van der Waals surface area contributed by atoms with Crippen LogP contribution in [0.3, 0.4) is 0 Å². The third-order valence-electron chi connectivity index (χ3n) is 4.63. The fraction of sp³-hybridized carbons (Fsp3) is 0.160. The number of rotatable bonds is 7. The summed E-state index contributed by atoms with van der Waals surface area (Å²) in [6, 6.07) is 22.9. The lowest BCUT2D eigenvalue weighted by Crippen LogP contribution is -2.47. The molecule has 0 spiro atoms. The zero-order chi connectivity index (χ0) is 22.9. The molecular formula is C25H23N3O4. The van der Waals surface area contributed by atoms with Crippen LogP contribution < -0.4 is 20.3 Å². The minimum Gasteiger partial charge on any atom is -0.494 e. The molecule has 3 aromatic carbocycles. The molecule has 0 saturated heterocycles. The zero-order valence-electron chi connectivity index (χ0n) is 17.8. The second kappa shape index (κ2) is 10.6. The number of nitrogens with one attached hydrogen (secondary N) is 2. The number of nitriles is 1. The average Bonchev–Trinajstić information content (AvgIpc) is 2.83. The first kappa shape index (κ1) is 22.4. The Kier molecular flexibility index (Phi) is 7.44. The summed E-state index contributed by atoms with van der Waals surface area (Å²) in [4.78, 5) is 25.1. The summed E-state index contributed by atoms with van der Waals surface area (Å²) < 4.78 is 11.0. The van der Waals surface area contributed by atoms with E-state index in [2.05, 4.69) is 16.9 Å². The molecule has 0 aliphatic rings. The predicted octanol–water partition coefficient (Wildman–Crippen LogP) is 3.85. The summed E-state index contributed by atoms with van der Waals surface area (Å²) in [6.07, 6.45) is -0.845. The first-order valence-electron chi connectivity index (χ1n) is 10.1. The molecule has 162 valence electrons. The van der Waals surface area contributed by atoms with Crippen molar-refractivity contribution in [2.24, 2.45) is 0 Å². The predicted molar refractivity (Wildman–Crippen MR) is 120 cm³/mol. The summed E-state index contributed by atoms with van der Waals surface area (Å²) >= 11 is 0. The summed E-state index contributed by atoms with van der Waals surface area (Å²) in [5, 5.41) is 9.38. The van der Waals surface area contributed by atoms with Crippen LogP contribution in [0.2, 0.25) is 0 Å². The van der Waals surface area contributed by atoms with Crippen LogP contribution in [0, 0.1) is 11.3 Å². The van der Waals surface area contributed by atoms with Gasteiger partial charge in [-0.25, -0.2) is 0 Å². The maximum Gasteiger partial charge on any atom is 0.279 e. The molecule has 1 unspecified atom stereocenters. The molecule has 0 bridgehead atoms. The number of nitrogens with zero attached hydrogens (tertiary/aromatic N) is 1. The maximum absolute atomic E-state index is 12.8. The van der Waals surface area contributed by atoms with Crippen LogP contribution in [0.1, 0.15) is 29.8 Å². The van der Waals surface area contributed by atoms with Gasteiger partial charge in [-0.3, -0.25) is 20.4 Å². The van der Waals surface area contributed by atoms with E-state index in [-0.39, 0.29) is 0 Å². The third-order valence-corrected chi connectivity index (χ3v) is 4.63. The Hall–Kier alpha value is -4.31. The van der Waals surface area contributed by atoms with Gasteiger partial charge in [-0.05, 0) is 55.8 Å². The third kappa shape index (κ3) is 5.43. The summed E-state index contributed by atoms with van der Waals surface area (Å²) in [7, 11) is 0. The van der Waals surface area contributed by atoms with E-state index >= 15 is 0 Å². The molecule has 0 heterocycles. The van der Waals surface area contributed by atoms with Crippen molar-refractivity contribution < 1.29 is 19.1 Å². The Morgan fingerprint density at radius 3 is 2.22 bits per heavy atom. The van der Waals surface area contributed by atoms with Crippen molar-refractivity contribution in [1.82, 2.24) is 10.9 Å². The molecule has 0 radical (unpaired) electrons. The molecule has 3 rings (SSSR count). The highest BCUT2D eigenvalue weighted by molar-refractivity contribution is 6.02. The average molecular weight is 429 g/mol. The Morgan fingerprint density at radius 1 is 0.906 bits per heavy atom. The van der Waals surface area contributed by atoms with Crippen LogP contribution in [0.4, 0.5) is 0 Å². The number of hydrazine groups is 1. The van der Waals surface area contributed by atoms with E-state index in [0.29, 0.717) is 40.4 Å². The number of ether oxygens (including phenoxy) is 2. The SMILES string of the molecule is CCOc1ccc(OC(C)C(=O)NNC(=O)c2ccccc2-c2ccccc2C#N)cc1. The van der Waals surface area contributed by atoms with E-state index in [1.807, 2.05) is 6.92 Å². The molecule has 0 saturated carbocycles. The van der Waals surface area contributed by atoms with Crippen molar-refractivity contribution in [3.63, 3.8) is 0 Å². The molecule has 0 aliphatic heterocycles. The van der Waals surface area contributed by atoms with E-state index in [0.717, 1.165) is 0 Å². The molecular weight excluding hydrogens is 406 g/mol. The van der Waals surface area contributed by atoms with Gasteiger partial charge in [0, 0.05) is 11.1 Å². The lowest BCUT2D eigenvalue weighted by atomic mass is 9.95. The highest BCUT2D eigenvalue weighted by Crippen LogP contribution is 2.26. The van der Waals surface area contributed by atoms with E-state index < -0.39 is 17.9 Å². The Labute approximate surface area is 186 Å². The number of carbonyl (C=O) groups excluding carboxylic acids is 2. The van der Waals surface area contributed by atoms with Gasteiger partial charge in [0.2, 0.25) is 0 Å². The Bertz CT molecular complexity index is 1140. The van der Waals surface area contributed by atoms with Gasteiger partial charge in [-0.1, -0.05) is 36.4 Å². The van der Waals surface area contributed by atoms with Crippen LogP contribution in [-0.2, 0) is 4.79 Å². The highest BCUT2D eigenvalue weighted by atomic mass is 16.5. The molecule has 1 atom stereocenters. The van der Waals surface area contributed by atoms with Gasteiger partial charge in [0.15, 0.2) is 6.10 Å². The van der Waals surface area contributed by atoms with Gasteiger partial charge in [0.05, 0.1) is 18.2 Å². The molecule has 32 heavy (non-hydrogen) atoms. The van der Waals surface area contributed by atoms with Gasteiger partial charge in [-0.15, -0.1) is 0 Å². The Morgan fingerprint density at radius 2 is 1.53 bits per heavy atom. The number of benzene rings is 3. The Balaban J connectivity index is 1.64. The van der Waals surface area contributed by atoms with Crippen molar-refractivity contribution in [3.8, 4) is 28.7 Å². The minimum atomic E-state index is -0.845. The second-order valence-electron chi connectivity index (χ2n) is 6.81. The molecule has 0 aromatic heterocycles. The number of carbonyl (C=O) groups is 2. The van der Waals surface area contributed by atoms with Crippen molar-refractivity contribution in [2.75, 3.05) is 6.61 Å². The van der Waals surface area contributed by atoms with Crippen LogP contribution >= 0.6 is 0 Å². The summed E-state index contributed by atoms with van der Waals surface area (Å²) in [5.41, 5.74) is 6.82. The molecule has 2 N–H and O–H groups in total. The van der Waals surface area contributed by atoms with Gasteiger partial charge in [0.25, 0.3) is 11.8 Å². The van der Waals surface area contributed by atoms with E-state index in [9.17, 15) is 14.9 Å². The van der Waals surface area contributed by atoms with E-state index in [1.165, 1.54) is 0 Å². The number of hydrogen-bond acceptors (Lipinski definition) is 5. The first-order valence-corrected chi connectivity index (χ1v) is 10.1. The number of amides is 2. The van der Waals surface area contributed by atoms with Crippen molar-refractivity contribution in [2.45, 2.75) is 20.0 Å². The van der Waals surface area contributed by atoms with Crippen LogP contribution in [0.25, 0.3) is 11.1 Å². The standard InChI is InChI=1S/C25H23N3O4/c1-3-31-19-12-14-20(15-13-19)32-17(2)24(29)27-28-25(30)23-11-7-6-10-22(23)21-9-5-4-8-18(21)16-26/h4-15,17H,3H2,1-2H3,(H,27,29)(H,28,30). The molecule has 0 aliphatic carbocycles. The lowest BCUT2D eigenvalue weighted by molar-refractivity contribution is -0.128. The highest BCUT2D eigenvalue weighted by Gasteiger charge is 2.18. The fourth-order valence-corrected chi connectivity index (χ4v) is 3.06. The smallest absolute Gasteiger partial charge is 0.279 e. The van der Waals surface area contributed by atoms with Crippen LogP contribution in [0.15, 0.2) is 72.8 Å². The van der Waals surface area contributed by atoms with Crippen molar-refractivity contribution in [1.29, 1.82) is 5.26 Å². The second-order valence-corrected chi connectivity index (χ2v) is 6.81. The summed E-state index contributed by atoms with van der Waals surface area (Å²) in [6.45, 7) is 4.03. The van der Waals surface area contributed by atoms with Gasteiger partial charge in [0.1, 0.15) is 11.5 Å². The topological polar surface area (TPSA) is 100 Å². The first-order chi connectivity index (χ1) is 15.5. The van der Waals surface area contributed by atoms with Crippen LogP contribution in [0.5, 0.6) is 11.5 Å². The minimum absolute atomic E-state index is 0.329. The largest absolute Gasteiger partial charge is 0.494 e. The molecule has 2 amide bonds. The van der Waals surface area contributed by atoms with Crippen LogP contribution in [-0.4, -0.2) is 24.5 Å². The molecule has 7 heteroatoms. The monoisotopic (exact) mass is 429 g/mol. The van der Waals surface area contributed by atoms with E-state index in [4.69, 9.17) is 9.47 Å². The summed E-state index contributed by atoms with van der Waals surface area (Å²) in [5.74, 6) is 0.193. The van der Waals surface area contributed by atoms with Crippen molar-refractivity contribution in [3.05, 3.63) is 83.9 Å². The maximum atomic E-state index is 12.8. The zero-order valence-corrected chi connectivity index (χ0v) is 17.8. The van der Waals surface area contributed by atoms with Gasteiger partial charge >= 0.3 is 0 Å². The van der Waals surface area contributed by atoms with Gasteiger partial charge < -0.3 is 9.47 Å². The molecule has 7 nitrogen and oxygen atoms in total. The molecule has 0 fully saturated rings. The lowest BCUT2D eigenvalue weighted by Gasteiger charge is -2.16. The quantitative estimate of drug-likeness (QED) is 0.556. The fourth-order valence-electron chi connectivity index (χ4n) is 3.06. The van der Waals surface area contributed by atoms with E-state index in [1.54, 1.807) is 79.7 Å². The van der Waals surface area contributed by atoms with Crippen molar-refractivity contribution >= 4 is 11.8 Å². The number of hydrogen-bond donors (Lipinski definition) is 2. The molecule has 3 aromatic rings.